The van der Waals surface area contributed by atoms with Crippen LogP contribution < -0.4 is 9.64 Å². The van der Waals surface area contributed by atoms with E-state index in [4.69, 9.17) is 16.3 Å². The summed E-state index contributed by atoms with van der Waals surface area (Å²) in [7, 11) is 0. The molecule has 1 saturated heterocycles. The standard InChI is InChI=1S/C22H23ClN4O2/c1-17(29-20-8-3-2-4-9-20)21(28)25-12-14-26(15-13-25)22-24-10-11-27(22)19-7-5-6-18(23)16-19/h2-11,16-17H,12-15H2,1H3. The summed E-state index contributed by atoms with van der Waals surface area (Å²) < 4.78 is 7.80. The summed E-state index contributed by atoms with van der Waals surface area (Å²) >= 11 is 6.14. The van der Waals surface area contributed by atoms with Gasteiger partial charge in [0.15, 0.2) is 6.10 Å². The van der Waals surface area contributed by atoms with Crippen molar-refractivity contribution in [2.45, 2.75) is 13.0 Å². The molecule has 0 saturated carbocycles. The van der Waals surface area contributed by atoms with Gasteiger partial charge >= 0.3 is 0 Å². The molecular weight excluding hydrogens is 388 g/mol. The second-order valence-electron chi connectivity index (χ2n) is 6.96. The Kier molecular flexibility index (Phi) is 5.71. The zero-order valence-corrected chi connectivity index (χ0v) is 17.0. The lowest BCUT2D eigenvalue weighted by Gasteiger charge is -2.36. The van der Waals surface area contributed by atoms with Crippen LogP contribution in [0.2, 0.25) is 5.02 Å². The van der Waals surface area contributed by atoms with E-state index < -0.39 is 6.10 Å². The molecule has 1 aliphatic heterocycles. The number of hydrogen-bond acceptors (Lipinski definition) is 4. The van der Waals surface area contributed by atoms with E-state index in [0.717, 1.165) is 11.6 Å². The molecule has 0 spiro atoms. The topological polar surface area (TPSA) is 50.6 Å². The molecule has 1 aliphatic rings. The first-order chi connectivity index (χ1) is 14.1. The van der Waals surface area contributed by atoms with Gasteiger partial charge in [0.2, 0.25) is 5.95 Å². The van der Waals surface area contributed by atoms with E-state index >= 15 is 0 Å². The van der Waals surface area contributed by atoms with Gasteiger partial charge in [-0.05, 0) is 37.3 Å². The van der Waals surface area contributed by atoms with Crippen molar-refractivity contribution in [3.63, 3.8) is 0 Å². The summed E-state index contributed by atoms with van der Waals surface area (Å²) in [5, 5.41) is 0.685. The van der Waals surface area contributed by atoms with E-state index in [-0.39, 0.29) is 5.91 Å². The number of halogens is 1. The molecule has 4 rings (SSSR count). The molecule has 150 valence electrons. The lowest BCUT2D eigenvalue weighted by atomic mass is 10.2. The fourth-order valence-corrected chi connectivity index (χ4v) is 3.68. The molecule has 2 aromatic carbocycles. The summed E-state index contributed by atoms with van der Waals surface area (Å²) in [6.45, 7) is 4.48. The van der Waals surface area contributed by atoms with Gasteiger partial charge < -0.3 is 14.5 Å². The van der Waals surface area contributed by atoms with E-state index in [0.29, 0.717) is 37.0 Å². The van der Waals surface area contributed by atoms with Gasteiger partial charge in [-0.1, -0.05) is 35.9 Å². The van der Waals surface area contributed by atoms with E-state index in [1.165, 1.54) is 0 Å². The Hall–Kier alpha value is -2.99. The SMILES string of the molecule is CC(Oc1ccccc1)C(=O)N1CCN(c2nccn2-c2cccc(Cl)c2)CC1. The number of nitrogens with zero attached hydrogens (tertiary/aromatic N) is 4. The van der Waals surface area contributed by atoms with E-state index in [2.05, 4.69) is 9.88 Å². The van der Waals surface area contributed by atoms with Gasteiger partial charge in [-0.3, -0.25) is 9.36 Å². The summed E-state index contributed by atoms with van der Waals surface area (Å²) in [5.74, 6) is 1.56. The Morgan fingerprint density at radius 3 is 2.55 bits per heavy atom. The fourth-order valence-electron chi connectivity index (χ4n) is 3.49. The maximum atomic E-state index is 12.8. The highest BCUT2D eigenvalue weighted by Gasteiger charge is 2.27. The Morgan fingerprint density at radius 1 is 1.07 bits per heavy atom. The Labute approximate surface area is 175 Å². The zero-order valence-electron chi connectivity index (χ0n) is 16.2. The molecule has 1 aromatic heterocycles. The van der Waals surface area contributed by atoms with Crippen LogP contribution in [0.3, 0.4) is 0 Å². The van der Waals surface area contributed by atoms with Gasteiger partial charge in [0.05, 0.1) is 0 Å². The van der Waals surface area contributed by atoms with Gasteiger partial charge in [-0.25, -0.2) is 4.98 Å². The molecule has 1 atom stereocenters. The van der Waals surface area contributed by atoms with Crippen LogP contribution in [0.5, 0.6) is 5.75 Å². The molecule has 6 nitrogen and oxygen atoms in total. The van der Waals surface area contributed by atoms with Crippen molar-refractivity contribution >= 4 is 23.5 Å². The van der Waals surface area contributed by atoms with Gasteiger partial charge in [0.25, 0.3) is 5.91 Å². The quantitative estimate of drug-likeness (QED) is 0.644. The first-order valence-electron chi connectivity index (χ1n) is 9.66. The van der Waals surface area contributed by atoms with E-state index in [1.54, 1.807) is 13.1 Å². The van der Waals surface area contributed by atoms with Crippen LogP contribution in [0.25, 0.3) is 5.69 Å². The number of carbonyl (C=O) groups excluding carboxylic acids is 1. The van der Waals surface area contributed by atoms with Crippen LogP contribution in [0, 0.1) is 0 Å². The number of benzene rings is 2. The monoisotopic (exact) mass is 410 g/mol. The predicted molar refractivity (Wildman–Crippen MR) is 114 cm³/mol. The Bertz CT molecular complexity index is 968. The highest BCUT2D eigenvalue weighted by molar-refractivity contribution is 6.30. The fraction of sp³-hybridized carbons (Fsp3) is 0.273. The van der Waals surface area contributed by atoms with Gasteiger partial charge in [-0.15, -0.1) is 0 Å². The van der Waals surface area contributed by atoms with Crippen molar-refractivity contribution in [1.29, 1.82) is 0 Å². The van der Waals surface area contributed by atoms with Crippen molar-refractivity contribution in [1.82, 2.24) is 14.5 Å². The van der Waals surface area contributed by atoms with Gasteiger partial charge in [0.1, 0.15) is 5.75 Å². The number of hydrogen-bond donors (Lipinski definition) is 0. The minimum atomic E-state index is -0.516. The second-order valence-corrected chi connectivity index (χ2v) is 7.40. The number of imidazole rings is 1. The van der Waals surface area contributed by atoms with E-state index in [1.807, 2.05) is 70.3 Å². The Morgan fingerprint density at radius 2 is 1.83 bits per heavy atom. The molecule has 1 amide bonds. The third-order valence-electron chi connectivity index (χ3n) is 4.99. The summed E-state index contributed by atoms with van der Waals surface area (Å²) in [5.41, 5.74) is 0.966. The minimum Gasteiger partial charge on any atom is -0.481 e. The van der Waals surface area contributed by atoms with Crippen LogP contribution in [0.15, 0.2) is 67.0 Å². The molecule has 1 unspecified atom stereocenters. The third kappa shape index (κ3) is 4.38. The maximum Gasteiger partial charge on any atom is 0.263 e. The largest absolute Gasteiger partial charge is 0.481 e. The maximum absolute atomic E-state index is 12.8. The predicted octanol–water partition coefficient (Wildman–Crippen LogP) is 3.64. The number of piperazine rings is 1. The molecule has 0 N–H and O–H groups in total. The average molecular weight is 411 g/mol. The second kappa shape index (κ2) is 8.57. The lowest BCUT2D eigenvalue weighted by molar-refractivity contribution is -0.138. The lowest BCUT2D eigenvalue weighted by Crippen LogP contribution is -2.52. The highest BCUT2D eigenvalue weighted by Crippen LogP contribution is 2.22. The molecule has 2 heterocycles. The van der Waals surface area contributed by atoms with Crippen molar-refractivity contribution in [2.24, 2.45) is 0 Å². The first-order valence-corrected chi connectivity index (χ1v) is 10.0. The molecule has 7 heteroatoms. The number of carbonyl (C=O) groups is 1. The molecule has 0 radical (unpaired) electrons. The number of amides is 1. The summed E-state index contributed by atoms with van der Waals surface area (Å²) in [6.07, 6.45) is 3.19. The van der Waals surface area contributed by atoms with Crippen LogP contribution >= 0.6 is 11.6 Å². The van der Waals surface area contributed by atoms with Crippen molar-refractivity contribution in [2.75, 3.05) is 31.1 Å². The number of rotatable bonds is 5. The Balaban J connectivity index is 1.39. The van der Waals surface area contributed by atoms with Gasteiger partial charge in [-0.2, -0.15) is 0 Å². The molecule has 1 fully saturated rings. The molecule has 0 bridgehead atoms. The minimum absolute atomic E-state index is 0.00619. The van der Waals surface area contributed by atoms with Crippen molar-refractivity contribution in [3.8, 4) is 11.4 Å². The zero-order chi connectivity index (χ0) is 20.2. The van der Waals surface area contributed by atoms with Crippen LogP contribution in [-0.4, -0.2) is 52.6 Å². The number of para-hydroxylation sites is 1. The van der Waals surface area contributed by atoms with Crippen molar-refractivity contribution < 1.29 is 9.53 Å². The first kappa shape index (κ1) is 19.3. The van der Waals surface area contributed by atoms with Crippen molar-refractivity contribution in [3.05, 3.63) is 72.0 Å². The van der Waals surface area contributed by atoms with Gasteiger partial charge in [0, 0.05) is 49.3 Å². The normalized spacial score (nSPS) is 15.2. The van der Waals surface area contributed by atoms with Crippen LogP contribution in [0.1, 0.15) is 6.92 Å². The van der Waals surface area contributed by atoms with Crippen LogP contribution in [0.4, 0.5) is 5.95 Å². The molecule has 0 aliphatic carbocycles. The molecular formula is C22H23ClN4O2. The smallest absolute Gasteiger partial charge is 0.263 e. The number of anilines is 1. The summed E-state index contributed by atoms with van der Waals surface area (Å²) in [4.78, 5) is 21.3. The summed E-state index contributed by atoms with van der Waals surface area (Å²) in [6, 6.07) is 17.1. The molecule has 3 aromatic rings. The highest BCUT2D eigenvalue weighted by atomic mass is 35.5. The number of ether oxygens (including phenoxy) is 1. The average Bonchev–Trinajstić information content (AvgIpc) is 3.24. The molecule has 29 heavy (non-hydrogen) atoms. The van der Waals surface area contributed by atoms with E-state index in [9.17, 15) is 4.79 Å². The third-order valence-corrected chi connectivity index (χ3v) is 5.22. The van der Waals surface area contributed by atoms with Crippen LogP contribution in [-0.2, 0) is 4.79 Å². The number of aromatic nitrogens is 2.